The second-order valence-corrected chi connectivity index (χ2v) is 4.42. The topological polar surface area (TPSA) is 62.1 Å². The lowest BCUT2D eigenvalue weighted by molar-refractivity contribution is -0.125. The lowest BCUT2D eigenvalue weighted by Gasteiger charge is -2.29. The number of nitrogens with zero attached hydrogens (tertiary/aromatic N) is 1. The summed E-state index contributed by atoms with van der Waals surface area (Å²) < 4.78 is 5.62. The molecule has 1 N–H and O–H groups in total. The van der Waals surface area contributed by atoms with Gasteiger partial charge in [0.05, 0.1) is 17.7 Å². The summed E-state index contributed by atoms with van der Waals surface area (Å²) in [5.41, 5.74) is 0.661. The Labute approximate surface area is 100 Å². The van der Waals surface area contributed by atoms with Gasteiger partial charge in [-0.25, -0.2) is 0 Å². The first-order valence-electron chi connectivity index (χ1n) is 5.59. The Morgan fingerprint density at radius 1 is 1.41 bits per heavy atom. The number of amides is 1. The largest absolute Gasteiger partial charge is 0.477 e. The number of para-hydroxylation sites is 2. The molecular formula is C13H14N2O2. The molecule has 0 saturated heterocycles. The summed E-state index contributed by atoms with van der Waals surface area (Å²) in [5.74, 6) is 0.00585. The number of hydrogen-bond acceptors (Lipinski definition) is 3. The molecule has 2 unspecified atom stereocenters. The summed E-state index contributed by atoms with van der Waals surface area (Å²) >= 11 is 0. The molecule has 1 aromatic carbocycles. The average molecular weight is 230 g/mol. The van der Waals surface area contributed by atoms with Gasteiger partial charge in [0.1, 0.15) is 5.75 Å². The van der Waals surface area contributed by atoms with E-state index in [2.05, 4.69) is 11.4 Å². The summed E-state index contributed by atoms with van der Waals surface area (Å²) in [6.07, 6.45) is -0.727. The van der Waals surface area contributed by atoms with Crippen molar-refractivity contribution in [3.8, 4) is 11.8 Å². The van der Waals surface area contributed by atoms with Crippen molar-refractivity contribution in [3.05, 3.63) is 24.3 Å². The third-order valence-electron chi connectivity index (χ3n) is 2.85. The van der Waals surface area contributed by atoms with E-state index in [1.807, 2.05) is 26.0 Å². The van der Waals surface area contributed by atoms with Crippen LogP contribution >= 0.6 is 0 Å². The summed E-state index contributed by atoms with van der Waals surface area (Å²) in [5, 5.41) is 11.9. The molecule has 1 aliphatic rings. The second-order valence-electron chi connectivity index (χ2n) is 4.42. The van der Waals surface area contributed by atoms with E-state index < -0.39 is 12.0 Å². The third kappa shape index (κ3) is 2.09. The minimum Gasteiger partial charge on any atom is -0.477 e. The van der Waals surface area contributed by atoms with E-state index in [4.69, 9.17) is 10.00 Å². The third-order valence-corrected chi connectivity index (χ3v) is 2.85. The Morgan fingerprint density at radius 2 is 2.12 bits per heavy atom. The van der Waals surface area contributed by atoms with Gasteiger partial charge in [0.2, 0.25) is 0 Å². The number of nitrogens with one attached hydrogen (secondary N) is 1. The Morgan fingerprint density at radius 3 is 2.76 bits per heavy atom. The van der Waals surface area contributed by atoms with Crippen LogP contribution in [0.15, 0.2) is 24.3 Å². The van der Waals surface area contributed by atoms with Gasteiger partial charge in [-0.05, 0) is 18.1 Å². The highest BCUT2D eigenvalue weighted by Gasteiger charge is 2.36. The first-order chi connectivity index (χ1) is 8.13. The van der Waals surface area contributed by atoms with Crippen LogP contribution < -0.4 is 10.1 Å². The first kappa shape index (κ1) is 11.5. The minimum atomic E-state index is -0.727. The number of nitriles is 1. The van der Waals surface area contributed by atoms with Crippen molar-refractivity contribution in [3.63, 3.8) is 0 Å². The fraction of sp³-hybridized carbons (Fsp3) is 0.385. The number of hydrogen-bond donors (Lipinski definition) is 1. The summed E-state index contributed by atoms with van der Waals surface area (Å²) in [7, 11) is 0. The number of ether oxygens (including phenoxy) is 1. The normalized spacial score (nSPS) is 19.9. The van der Waals surface area contributed by atoms with E-state index >= 15 is 0 Å². The number of benzene rings is 1. The SMILES string of the molecule is CC(C)C(C#N)C1Oc2ccccc2NC1=O. The van der Waals surface area contributed by atoms with E-state index in [-0.39, 0.29) is 11.8 Å². The molecule has 0 radical (unpaired) electrons. The molecule has 17 heavy (non-hydrogen) atoms. The Kier molecular flexibility index (Phi) is 3.01. The van der Waals surface area contributed by atoms with E-state index in [1.165, 1.54) is 0 Å². The molecule has 0 aliphatic carbocycles. The number of anilines is 1. The van der Waals surface area contributed by atoms with E-state index in [9.17, 15) is 4.79 Å². The van der Waals surface area contributed by atoms with Gasteiger partial charge in [0.15, 0.2) is 6.10 Å². The highest BCUT2D eigenvalue weighted by molar-refractivity contribution is 5.98. The molecule has 1 aromatic rings. The second kappa shape index (κ2) is 4.46. The molecule has 0 aromatic heterocycles. The van der Waals surface area contributed by atoms with Crippen LogP contribution in [0.1, 0.15) is 13.8 Å². The van der Waals surface area contributed by atoms with Gasteiger partial charge in [-0.3, -0.25) is 4.79 Å². The fourth-order valence-corrected chi connectivity index (χ4v) is 1.87. The lowest BCUT2D eigenvalue weighted by Crippen LogP contribution is -2.43. The van der Waals surface area contributed by atoms with E-state index in [0.717, 1.165) is 0 Å². The Bertz CT molecular complexity index is 477. The molecule has 4 nitrogen and oxygen atoms in total. The van der Waals surface area contributed by atoms with Gasteiger partial charge < -0.3 is 10.1 Å². The van der Waals surface area contributed by atoms with E-state index in [0.29, 0.717) is 11.4 Å². The van der Waals surface area contributed by atoms with Crippen molar-refractivity contribution in [1.82, 2.24) is 0 Å². The molecule has 1 heterocycles. The molecule has 1 aliphatic heterocycles. The maximum absolute atomic E-state index is 11.9. The minimum absolute atomic E-state index is 0.0704. The van der Waals surface area contributed by atoms with Gasteiger partial charge in [-0.15, -0.1) is 0 Å². The standard InChI is InChI=1S/C13H14N2O2/c1-8(2)9(7-14)12-13(16)15-10-5-3-4-6-11(10)17-12/h3-6,8-9,12H,1-2H3,(H,15,16). The van der Waals surface area contributed by atoms with Crippen LogP contribution in [0.3, 0.4) is 0 Å². The number of carbonyl (C=O) groups is 1. The van der Waals surface area contributed by atoms with Crippen molar-refractivity contribution in [2.24, 2.45) is 11.8 Å². The Balaban J connectivity index is 2.29. The van der Waals surface area contributed by atoms with Gasteiger partial charge >= 0.3 is 0 Å². The van der Waals surface area contributed by atoms with Gasteiger partial charge in [-0.2, -0.15) is 5.26 Å². The highest BCUT2D eigenvalue weighted by atomic mass is 16.5. The molecular weight excluding hydrogens is 216 g/mol. The number of rotatable bonds is 2. The van der Waals surface area contributed by atoms with Gasteiger partial charge in [0, 0.05) is 0 Å². The molecule has 4 heteroatoms. The quantitative estimate of drug-likeness (QED) is 0.847. The fourth-order valence-electron chi connectivity index (χ4n) is 1.87. The van der Waals surface area contributed by atoms with Gasteiger partial charge in [0.25, 0.3) is 5.91 Å². The number of fused-ring (bicyclic) bond motifs is 1. The maximum Gasteiger partial charge on any atom is 0.266 e. The van der Waals surface area contributed by atoms with Crippen LogP contribution in [0.25, 0.3) is 0 Å². The van der Waals surface area contributed by atoms with Gasteiger partial charge in [-0.1, -0.05) is 26.0 Å². The van der Waals surface area contributed by atoms with Crippen LogP contribution in [0, 0.1) is 23.2 Å². The molecule has 88 valence electrons. The summed E-state index contributed by atoms with van der Waals surface area (Å²) in [6.45, 7) is 3.82. The predicted molar refractivity (Wildman–Crippen MR) is 63.4 cm³/mol. The lowest BCUT2D eigenvalue weighted by atomic mass is 9.90. The van der Waals surface area contributed by atoms with Crippen molar-refractivity contribution in [1.29, 1.82) is 5.26 Å². The molecule has 1 amide bonds. The van der Waals surface area contributed by atoms with Crippen LogP contribution in [0.2, 0.25) is 0 Å². The molecule has 0 spiro atoms. The van der Waals surface area contributed by atoms with E-state index in [1.54, 1.807) is 12.1 Å². The number of carbonyl (C=O) groups excluding carboxylic acids is 1. The highest BCUT2D eigenvalue weighted by Crippen LogP contribution is 2.32. The molecule has 0 bridgehead atoms. The maximum atomic E-state index is 11.9. The zero-order valence-electron chi connectivity index (χ0n) is 9.81. The Hall–Kier alpha value is -2.02. The van der Waals surface area contributed by atoms with Crippen molar-refractivity contribution in [2.75, 3.05) is 5.32 Å². The zero-order valence-corrected chi connectivity index (χ0v) is 9.81. The molecule has 0 fully saturated rings. The summed E-state index contributed by atoms with van der Waals surface area (Å²) in [4.78, 5) is 11.9. The van der Waals surface area contributed by atoms with Crippen LogP contribution in [0.5, 0.6) is 5.75 Å². The van der Waals surface area contributed by atoms with Crippen molar-refractivity contribution in [2.45, 2.75) is 20.0 Å². The zero-order chi connectivity index (χ0) is 12.4. The van der Waals surface area contributed by atoms with Crippen molar-refractivity contribution < 1.29 is 9.53 Å². The molecule has 0 saturated carbocycles. The molecule has 2 rings (SSSR count). The first-order valence-corrected chi connectivity index (χ1v) is 5.59. The monoisotopic (exact) mass is 230 g/mol. The summed E-state index contributed by atoms with van der Waals surface area (Å²) in [6, 6.07) is 9.38. The molecule has 2 atom stereocenters. The predicted octanol–water partition coefficient (Wildman–Crippen LogP) is 2.18. The van der Waals surface area contributed by atoms with Crippen LogP contribution in [-0.2, 0) is 4.79 Å². The average Bonchev–Trinajstić information content (AvgIpc) is 2.30. The van der Waals surface area contributed by atoms with Crippen molar-refractivity contribution >= 4 is 11.6 Å². The van der Waals surface area contributed by atoms with Crippen LogP contribution in [-0.4, -0.2) is 12.0 Å². The van der Waals surface area contributed by atoms with Crippen LogP contribution in [0.4, 0.5) is 5.69 Å². The smallest absolute Gasteiger partial charge is 0.266 e.